The van der Waals surface area contributed by atoms with Crippen molar-refractivity contribution in [3.63, 3.8) is 0 Å². The van der Waals surface area contributed by atoms with Crippen LogP contribution < -0.4 is 5.32 Å². The van der Waals surface area contributed by atoms with Crippen LogP contribution in [0.3, 0.4) is 0 Å². The summed E-state index contributed by atoms with van der Waals surface area (Å²) in [4.78, 5) is 25.9. The summed E-state index contributed by atoms with van der Waals surface area (Å²) in [5.74, 6) is -1.12. The SMILES string of the molecule is CCC1(CC)NC(=O)C(CC)(CC)N(CC(F)(F)F)C1=O. The van der Waals surface area contributed by atoms with Gasteiger partial charge in [0, 0.05) is 0 Å². The fourth-order valence-corrected chi connectivity index (χ4v) is 3.05. The van der Waals surface area contributed by atoms with Crippen molar-refractivity contribution in [1.29, 1.82) is 0 Å². The Hall–Kier alpha value is -1.27. The molecule has 1 rings (SSSR count). The van der Waals surface area contributed by atoms with E-state index in [1.54, 1.807) is 27.7 Å². The molecule has 0 radical (unpaired) electrons. The maximum absolute atomic E-state index is 12.9. The highest BCUT2D eigenvalue weighted by Gasteiger charge is 2.57. The van der Waals surface area contributed by atoms with Gasteiger partial charge in [0.1, 0.15) is 17.6 Å². The number of carbonyl (C=O) groups is 2. The summed E-state index contributed by atoms with van der Waals surface area (Å²) in [6.07, 6.45) is -3.69. The van der Waals surface area contributed by atoms with Gasteiger partial charge in [0.2, 0.25) is 11.8 Å². The first kappa shape index (κ1) is 17.8. The lowest BCUT2D eigenvalue weighted by atomic mass is 9.79. The van der Waals surface area contributed by atoms with E-state index in [2.05, 4.69) is 5.32 Å². The Morgan fingerprint density at radius 1 is 1.00 bits per heavy atom. The number of hydrogen-bond donors (Lipinski definition) is 1. The zero-order chi connectivity index (χ0) is 16.5. The minimum atomic E-state index is -4.53. The van der Waals surface area contributed by atoms with Crippen LogP contribution in [-0.2, 0) is 9.59 Å². The normalized spacial score (nSPS) is 21.4. The largest absolute Gasteiger partial charge is 0.406 e. The molecule has 0 aromatic carbocycles. The molecule has 1 aliphatic heterocycles. The molecular weight excluding hydrogens is 285 g/mol. The summed E-state index contributed by atoms with van der Waals surface area (Å²) >= 11 is 0. The molecule has 7 heteroatoms. The maximum atomic E-state index is 12.9. The van der Waals surface area contributed by atoms with Crippen molar-refractivity contribution in [1.82, 2.24) is 10.2 Å². The molecule has 1 heterocycles. The molecule has 0 bridgehead atoms. The molecule has 4 nitrogen and oxygen atoms in total. The van der Waals surface area contributed by atoms with E-state index in [0.717, 1.165) is 4.90 Å². The first-order valence-corrected chi connectivity index (χ1v) is 7.33. The first-order valence-electron chi connectivity index (χ1n) is 7.33. The Labute approximate surface area is 123 Å². The molecule has 0 atom stereocenters. The molecule has 1 saturated heterocycles. The lowest BCUT2D eigenvalue weighted by molar-refractivity contribution is -0.189. The minimum Gasteiger partial charge on any atom is -0.340 e. The Kier molecular flexibility index (Phi) is 4.95. The van der Waals surface area contributed by atoms with Crippen LogP contribution in [0.5, 0.6) is 0 Å². The molecule has 1 fully saturated rings. The average molecular weight is 308 g/mol. The molecule has 122 valence electrons. The summed E-state index contributed by atoms with van der Waals surface area (Å²) < 4.78 is 38.7. The standard InChI is InChI=1S/C14H23F3N2O2/c1-5-12(6-2)11(21)19(9-14(15,16)17)13(7-3,8-4)10(20)18-12/h5-9H2,1-4H3,(H,18,20). The van der Waals surface area contributed by atoms with Gasteiger partial charge in [-0.25, -0.2) is 0 Å². The predicted octanol–water partition coefficient (Wildman–Crippen LogP) is 2.62. The quantitative estimate of drug-likeness (QED) is 0.849. The predicted molar refractivity (Wildman–Crippen MR) is 72.5 cm³/mol. The van der Waals surface area contributed by atoms with Gasteiger partial charge in [0.05, 0.1) is 0 Å². The fourth-order valence-electron chi connectivity index (χ4n) is 3.05. The van der Waals surface area contributed by atoms with E-state index in [0.29, 0.717) is 0 Å². The van der Waals surface area contributed by atoms with Crippen molar-refractivity contribution in [2.24, 2.45) is 0 Å². The van der Waals surface area contributed by atoms with Gasteiger partial charge in [0.25, 0.3) is 0 Å². The van der Waals surface area contributed by atoms with Crippen molar-refractivity contribution in [2.45, 2.75) is 70.6 Å². The Balaban J connectivity index is 3.37. The number of rotatable bonds is 5. The van der Waals surface area contributed by atoms with Crippen LogP contribution in [0, 0.1) is 0 Å². The summed E-state index contributed by atoms with van der Waals surface area (Å²) in [6.45, 7) is 5.26. The first-order chi connectivity index (χ1) is 9.62. The van der Waals surface area contributed by atoms with Gasteiger partial charge in [-0.05, 0) is 25.7 Å². The second-order valence-corrected chi connectivity index (χ2v) is 5.49. The summed E-state index contributed by atoms with van der Waals surface area (Å²) in [5.41, 5.74) is -2.64. The third-order valence-electron chi connectivity index (χ3n) is 4.66. The van der Waals surface area contributed by atoms with Crippen LogP contribution in [0.15, 0.2) is 0 Å². The minimum absolute atomic E-state index is 0.153. The highest BCUT2D eigenvalue weighted by molar-refractivity contribution is 6.02. The Bertz CT molecular complexity index is 413. The van der Waals surface area contributed by atoms with Gasteiger partial charge in [-0.2, -0.15) is 13.2 Å². The Morgan fingerprint density at radius 2 is 1.48 bits per heavy atom. The van der Waals surface area contributed by atoms with E-state index < -0.39 is 35.6 Å². The second-order valence-electron chi connectivity index (χ2n) is 5.49. The Morgan fingerprint density at radius 3 is 1.81 bits per heavy atom. The van der Waals surface area contributed by atoms with Crippen LogP contribution in [0.1, 0.15) is 53.4 Å². The lowest BCUT2D eigenvalue weighted by Crippen LogP contribution is -2.76. The molecule has 0 saturated carbocycles. The molecule has 2 amide bonds. The fraction of sp³-hybridized carbons (Fsp3) is 0.857. The number of nitrogens with zero attached hydrogens (tertiary/aromatic N) is 1. The molecule has 0 aliphatic carbocycles. The molecule has 0 aromatic heterocycles. The molecule has 1 aliphatic rings. The van der Waals surface area contributed by atoms with Crippen LogP contribution in [0.4, 0.5) is 13.2 Å². The van der Waals surface area contributed by atoms with E-state index in [9.17, 15) is 22.8 Å². The third-order valence-corrected chi connectivity index (χ3v) is 4.66. The third kappa shape index (κ3) is 2.87. The zero-order valence-electron chi connectivity index (χ0n) is 12.9. The van der Waals surface area contributed by atoms with Crippen molar-refractivity contribution < 1.29 is 22.8 Å². The highest BCUT2D eigenvalue weighted by Crippen LogP contribution is 2.36. The number of piperazine rings is 1. The molecule has 0 spiro atoms. The van der Waals surface area contributed by atoms with Gasteiger partial charge in [-0.15, -0.1) is 0 Å². The van der Waals surface area contributed by atoms with Gasteiger partial charge in [-0.1, -0.05) is 27.7 Å². The molecule has 0 aromatic rings. The monoisotopic (exact) mass is 308 g/mol. The van der Waals surface area contributed by atoms with E-state index in [1.807, 2.05) is 0 Å². The van der Waals surface area contributed by atoms with Crippen LogP contribution >= 0.6 is 0 Å². The highest BCUT2D eigenvalue weighted by atomic mass is 19.4. The molecule has 1 N–H and O–H groups in total. The van der Waals surface area contributed by atoms with Crippen molar-refractivity contribution in [3.05, 3.63) is 0 Å². The van der Waals surface area contributed by atoms with Gasteiger partial charge >= 0.3 is 6.18 Å². The summed E-state index contributed by atoms with van der Waals surface area (Å²) in [6, 6.07) is 0. The average Bonchev–Trinajstić information content (AvgIpc) is 2.42. The number of amides is 2. The topological polar surface area (TPSA) is 49.4 Å². The van der Waals surface area contributed by atoms with Crippen molar-refractivity contribution in [3.8, 4) is 0 Å². The lowest BCUT2D eigenvalue weighted by Gasteiger charge is -2.52. The molecular formula is C14H23F3N2O2. The zero-order valence-corrected chi connectivity index (χ0v) is 12.9. The van der Waals surface area contributed by atoms with Crippen LogP contribution in [-0.4, -0.2) is 40.5 Å². The van der Waals surface area contributed by atoms with Gasteiger partial charge in [0.15, 0.2) is 0 Å². The number of alkyl halides is 3. The summed E-state index contributed by atoms with van der Waals surface area (Å²) in [5, 5.41) is 2.69. The number of hydrogen-bond acceptors (Lipinski definition) is 2. The summed E-state index contributed by atoms with van der Waals surface area (Å²) in [7, 11) is 0. The van der Waals surface area contributed by atoms with E-state index in [1.165, 1.54) is 0 Å². The number of nitrogens with one attached hydrogen (secondary N) is 1. The van der Waals surface area contributed by atoms with Crippen LogP contribution in [0.25, 0.3) is 0 Å². The van der Waals surface area contributed by atoms with E-state index >= 15 is 0 Å². The smallest absolute Gasteiger partial charge is 0.340 e. The number of carbonyl (C=O) groups excluding carboxylic acids is 2. The second kappa shape index (κ2) is 5.85. The maximum Gasteiger partial charge on any atom is 0.406 e. The van der Waals surface area contributed by atoms with Crippen LogP contribution in [0.2, 0.25) is 0 Å². The van der Waals surface area contributed by atoms with E-state index in [4.69, 9.17) is 0 Å². The van der Waals surface area contributed by atoms with Crippen molar-refractivity contribution in [2.75, 3.05) is 6.54 Å². The van der Waals surface area contributed by atoms with Gasteiger partial charge in [-0.3, -0.25) is 9.59 Å². The molecule has 0 unspecified atom stereocenters. The van der Waals surface area contributed by atoms with Crippen molar-refractivity contribution >= 4 is 11.8 Å². The number of halogens is 3. The van der Waals surface area contributed by atoms with E-state index in [-0.39, 0.29) is 25.7 Å². The van der Waals surface area contributed by atoms with Gasteiger partial charge < -0.3 is 10.2 Å². The molecule has 21 heavy (non-hydrogen) atoms.